The van der Waals surface area contributed by atoms with Gasteiger partial charge in [0.05, 0.1) is 11.2 Å². The number of hydrogen-bond donors (Lipinski definition) is 1. The van der Waals surface area contributed by atoms with Crippen molar-refractivity contribution in [1.29, 1.82) is 0 Å². The molecular formula is C63H55BN2O2. The van der Waals surface area contributed by atoms with Gasteiger partial charge in [0.1, 0.15) is 22.3 Å². The average Bonchev–Trinajstić information content (AvgIpc) is 4.03. The van der Waals surface area contributed by atoms with Crippen molar-refractivity contribution in [2.45, 2.75) is 96.8 Å². The lowest BCUT2D eigenvalue weighted by Gasteiger charge is -2.41. The van der Waals surface area contributed by atoms with E-state index < -0.39 is 0 Å². The summed E-state index contributed by atoms with van der Waals surface area (Å²) in [5.41, 5.74) is 24.2. The van der Waals surface area contributed by atoms with Crippen molar-refractivity contribution >= 4 is 95.3 Å². The van der Waals surface area contributed by atoms with Crippen LogP contribution in [-0.4, -0.2) is 11.8 Å². The van der Waals surface area contributed by atoms with Crippen LogP contribution in [0, 0.1) is 0 Å². The maximum Gasteiger partial charge on any atom is 0.198 e. The molecule has 8 aromatic carbocycles. The molecule has 0 spiro atoms. The van der Waals surface area contributed by atoms with Gasteiger partial charge < -0.3 is 18.7 Å². The summed E-state index contributed by atoms with van der Waals surface area (Å²) in [7, 11) is 0.777. The van der Waals surface area contributed by atoms with Gasteiger partial charge in [0.15, 0.2) is 7.28 Å². The van der Waals surface area contributed by atoms with Crippen molar-refractivity contribution in [2.24, 2.45) is 0 Å². The van der Waals surface area contributed by atoms with Gasteiger partial charge in [-0.05, 0) is 122 Å². The lowest BCUT2D eigenvalue weighted by atomic mass is 9.59. The van der Waals surface area contributed by atoms with Crippen LogP contribution in [0.4, 0.5) is 11.4 Å². The number of aromatic nitrogens is 1. The molecule has 0 unspecified atom stereocenters. The first-order chi connectivity index (χ1) is 32.5. The monoisotopic (exact) mass is 882 g/mol. The van der Waals surface area contributed by atoms with Crippen LogP contribution in [0.25, 0.3) is 93.6 Å². The van der Waals surface area contributed by atoms with Crippen LogP contribution in [0.15, 0.2) is 142 Å². The van der Waals surface area contributed by atoms with E-state index in [1.54, 1.807) is 0 Å². The van der Waals surface area contributed by atoms with Crippen LogP contribution in [0.5, 0.6) is 0 Å². The van der Waals surface area contributed by atoms with E-state index in [0.717, 1.165) is 70.0 Å². The number of nitrogens with zero attached hydrogens (tertiary/aromatic N) is 1. The largest absolute Gasteiger partial charge is 0.456 e. The van der Waals surface area contributed by atoms with E-state index >= 15 is 0 Å². The van der Waals surface area contributed by atoms with Crippen molar-refractivity contribution in [1.82, 2.24) is 4.57 Å². The SMILES string of the molecule is CC(C)(C)c1ccc(Nc2cc3oc4cc5c(cc4c3cc2-c2ccc3c4c6c(ccc4n4c3c2Bc2cc3c(cc2-4)oc2ccccc23)C(C)(C)c2ccccc2-6)C(C)(C)CCC5(C)C)cc1. The maximum absolute atomic E-state index is 6.96. The zero-order chi connectivity index (χ0) is 46.4. The predicted octanol–water partition coefficient (Wildman–Crippen LogP) is 15.6. The van der Waals surface area contributed by atoms with Crippen LogP contribution in [0.2, 0.25) is 0 Å². The van der Waals surface area contributed by atoms with Crippen molar-refractivity contribution in [2.75, 3.05) is 5.32 Å². The molecule has 332 valence electrons. The molecule has 11 aromatic rings. The van der Waals surface area contributed by atoms with Crippen LogP contribution >= 0.6 is 0 Å². The summed E-state index contributed by atoms with van der Waals surface area (Å²) in [6, 6.07) is 50.4. The van der Waals surface area contributed by atoms with Gasteiger partial charge >= 0.3 is 0 Å². The minimum Gasteiger partial charge on any atom is -0.456 e. The first kappa shape index (κ1) is 40.1. The molecule has 0 radical (unpaired) electrons. The van der Waals surface area contributed by atoms with Gasteiger partial charge in [-0.2, -0.15) is 0 Å². The molecule has 2 aliphatic carbocycles. The van der Waals surface area contributed by atoms with E-state index in [-0.39, 0.29) is 21.7 Å². The molecule has 4 heterocycles. The number of benzene rings is 8. The molecule has 1 aliphatic heterocycles. The zero-order valence-corrected chi connectivity index (χ0v) is 40.6. The highest BCUT2D eigenvalue weighted by Crippen LogP contribution is 2.54. The smallest absolute Gasteiger partial charge is 0.198 e. The fourth-order valence-electron chi connectivity index (χ4n) is 12.9. The van der Waals surface area contributed by atoms with Crippen LogP contribution in [-0.2, 0) is 21.7 Å². The van der Waals surface area contributed by atoms with Crippen molar-refractivity contribution in [3.8, 4) is 27.9 Å². The number of rotatable bonds is 3. The summed E-state index contributed by atoms with van der Waals surface area (Å²) in [6.45, 7) is 21.2. The molecule has 3 aromatic heterocycles. The number of furan rings is 2. The Morgan fingerprint density at radius 3 is 2.01 bits per heavy atom. The van der Waals surface area contributed by atoms with Gasteiger partial charge in [-0.3, -0.25) is 0 Å². The van der Waals surface area contributed by atoms with E-state index in [0.29, 0.717) is 0 Å². The molecule has 1 N–H and O–H groups in total. The third kappa shape index (κ3) is 5.39. The summed E-state index contributed by atoms with van der Waals surface area (Å²) in [5, 5.41) is 11.2. The molecule has 0 saturated heterocycles. The fourth-order valence-corrected chi connectivity index (χ4v) is 12.9. The lowest BCUT2D eigenvalue weighted by Crippen LogP contribution is -2.37. The minimum atomic E-state index is -0.117. The second-order valence-electron chi connectivity index (χ2n) is 23.2. The Kier molecular flexibility index (Phi) is 7.77. The molecular weight excluding hydrogens is 828 g/mol. The average molecular weight is 883 g/mol. The fraction of sp³-hybridized carbons (Fsp3) is 0.238. The van der Waals surface area contributed by atoms with Crippen LogP contribution < -0.4 is 16.2 Å². The quantitative estimate of drug-likeness (QED) is 0.180. The molecule has 14 rings (SSSR count). The van der Waals surface area contributed by atoms with E-state index in [1.165, 1.54) is 93.9 Å². The van der Waals surface area contributed by atoms with Gasteiger partial charge in [-0.15, -0.1) is 0 Å². The molecule has 68 heavy (non-hydrogen) atoms. The number of hydrogen-bond acceptors (Lipinski definition) is 3. The van der Waals surface area contributed by atoms with Crippen molar-refractivity contribution in [3.63, 3.8) is 0 Å². The Hall–Kier alpha value is -6.98. The minimum absolute atomic E-state index is 0.0538. The Bertz CT molecular complexity index is 4030. The van der Waals surface area contributed by atoms with E-state index in [1.807, 2.05) is 0 Å². The summed E-state index contributed by atoms with van der Waals surface area (Å²) in [5.74, 6) is 0. The summed E-state index contributed by atoms with van der Waals surface area (Å²) < 4.78 is 16.2. The molecule has 0 amide bonds. The standard InChI is InChI=1S/C63H55BN2O2/c1-60(2,3)34-18-20-35(21-19-34)65-49-32-54-41(42-29-46-47(31-53(42)68-54)62(6,7)27-26-61(46,4)5)28-40(49)37-22-23-39-57-50(25-24-45-56(57)38-15-10-12-16-44(38)63(45,8)9)66-51-33-55-43(30-48(51)64-58(37)59(39)66)36-14-11-13-17-52(36)67-55/h10-25,28-33,64-65H,26-27H2,1-9H3. The molecule has 0 fully saturated rings. The zero-order valence-electron chi connectivity index (χ0n) is 40.6. The third-order valence-corrected chi connectivity index (χ3v) is 16.8. The number of nitrogens with one attached hydrogen (secondary N) is 1. The highest BCUT2D eigenvalue weighted by atomic mass is 16.3. The molecule has 0 bridgehead atoms. The van der Waals surface area contributed by atoms with Crippen LogP contribution in [0.3, 0.4) is 0 Å². The predicted molar refractivity (Wildman–Crippen MR) is 288 cm³/mol. The van der Waals surface area contributed by atoms with Crippen LogP contribution in [0.1, 0.15) is 103 Å². The van der Waals surface area contributed by atoms with Gasteiger partial charge in [0, 0.05) is 72.3 Å². The van der Waals surface area contributed by atoms with E-state index in [4.69, 9.17) is 8.83 Å². The Morgan fingerprint density at radius 2 is 1.22 bits per heavy atom. The molecule has 5 heteroatoms. The normalized spacial score (nSPS) is 16.4. The van der Waals surface area contributed by atoms with Gasteiger partial charge in [-0.25, -0.2) is 0 Å². The number of para-hydroxylation sites is 1. The van der Waals surface area contributed by atoms with E-state index in [9.17, 15) is 0 Å². The highest BCUT2D eigenvalue weighted by Gasteiger charge is 2.40. The molecule has 0 atom stereocenters. The molecule has 0 saturated carbocycles. The summed E-state index contributed by atoms with van der Waals surface area (Å²) >= 11 is 0. The second kappa shape index (κ2) is 13.2. The van der Waals surface area contributed by atoms with Gasteiger partial charge in [0.2, 0.25) is 0 Å². The van der Waals surface area contributed by atoms with Crippen molar-refractivity contribution < 1.29 is 8.83 Å². The summed E-state index contributed by atoms with van der Waals surface area (Å²) in [6.07, 6.45) is 2.32. The Balaban J connectivity index is 1.08. The van der Waals surface area contributed by atoms with Gasteiger partial charge in [-0.1, -0.05) is 147 Å². The molecule has 3 aliphatic rings. The van der Waals surface area contributed by atoms with Crippen molar-refractivity contribution in [3.05, 3.63) is 161 Å². The number of anilines is 2. The van der Waals surface area contributed by atoms with Gasteiger partial charge in [0.25, 0.3) is 0 Å². The van der Waals surface area contributed by atoms with E-state index in [2.05, 4.69) is 206 Å². The highest BCUT2D eigenvalue weighted by molar-refractivity contribution is 6.74. The topological polar surface area (TPSA) is 43.2 Å². The first-order valence-corrected chi connectivity index (χ1v) is 24.7. The molecule has 4 nitrogen and oxygen atoms in total. The number of fused-ring (bicyclic) bond motifs is 16. The Morgan fingerprint density at radius 1 is 0.544 bits per heavy atom. The maximum atomic E-state index is 6.96. The second-order valence-corrected chi connectivity index (χ2v) is 23.2. The first-order valence-electron chi connectivity index (χ1n) is 24.7. The third-order valence-electron chi connectivity index (χ3n) is 16.8. The summed E-state index contributed by atoms with van der Waals surface area (Å²) in [4.78, 5) is 0. The lowest BCUT2D eigenvalue weighted by molar-refractivity contribution is 0.332. The Labute approximate surface area is 398 Å².